The molecule has 1 N–H and O–H groups in total. The lowest BCUT2D eigenvalue weighted by atomic mass is 10.2. The van der Waals surface area contributed by atoms with E-state index in [1.165, 1.54) is 0 Å². The number of aliphatic hydroxyl groups excluding tert-OH is 1. The predicted octanol–water partition coefficient (Wildman–Crippen LogP) is 5.57. The molecule has 3 rings (SSSR count). The number of halogens is 2. The van der Waals surface area contributed by atoms with Crippen molar-refractivity contribution in [3.8, 4) is 0 Å². The maximum Gasteiger partial charge on any atom is 0.134 e. The minimum atomic E-state index is -0.670. The van der Waals surface area contributed by atoms with Crippen LogP contribution in [0, 0.1) is 0 Å². The van der Waals surface area contributed by atoms with Crippen LogP contribution in [0.3, 0.4) is 0 Å². The van der Waals surface area contributed by atoms with Gasteiger partial charge in [0.05, 0.1) is 0 Å². The third-order valence-electron chi connectivity index (χ3n) is 3.05. The van der Waals surface area contributed by atoms with Gasteiger partial charge in [-0.3, -0.25) is 0 Å². The highest BCUT2D eigenvalue weighted by Gasteiger charge is 2.14. The second-order valence-electron chi connectivity index (χ2n) is 4.61. The quantitative estimate of drug-likeness (QED) is 0.631. The van der Waals surface area contributed by atoms with E-state index in [0.29, 0.717) is 21.6 Å². The Hall–Kier alpha value is -1.13. The van der Waals surface area contributed by atoms with Crippen molar-refractivity contribution in [2.45, 2.75) is 11.0 Å². The summed E-state index contributed by atoms with van der Waals surface area (Å²) in [4.78, 5) is 1.05. The number of thioether (sulfide) groups is 1. The number of aliphatic hydroxyl groups is 1. The van der Waals surface area contributed by atoms with Crippen LogP contribution < -0.4 is 0 Å². The Morgan fingerprint density at radius 3 is 2.48 bits per heavy atom. The average molecular weight is 339 g/mol. The van der Waals surface area contributed by atoms with Crippen LogP contribution in [-0.2, 0) is 0 Å². The van der Waals surface area contributed by atoms with Gasteiger partial charge in [-0.2, -0.15) is 0 Å². The van der Waals surface area contributed by atoms with Crippen molar-refractivity contribution in [2.24, 2.45) is 0 Å². The molecule has 0 fully saturated rings. The summed E-state index contributed by atoms with van der Waals surface area (Å²) in [7, 11) is 0. The second kappa shape index (κ2) is 6.32. The number of hydrogen-bond acceptors (Lipinski definition) is 3. The Morgan fingerprint density at radius 2 is 1.71 bits per heavy atom. The van der Waals surface area contributed by atoms with Gasteiger partial charge in [-0.05, 0) is 48.5 Å². The fraction of sp³-hybridized carbons (Fsp3) is 0.125. The van der Waals surface area contributed by atoms with Crippen LogP contribution in [0.2, 0.25) is 10.0 Å². The fourth-order valence-corrected chi connectivity index (χ4v) is 3.14. The topological polar surface area (TPSA) is 33.4 Å². The van der Waals surface area contributed by atoms with E-state index in [1.54, 1.807) is 23.9 Å². The predicted molar refractivity (Wildman–Crippen MR) is 88.4 cm³/mol. The maximum atomic E-state index is 10.2. The molecule has 0 amide bonds. The van der Waals surface area contributed by atoms with Crippen molar-refractivity contribution in [3.05, 3.63) is 64.3 Å². The normalized spacial score (nSPS) is 12.7. The highest BCUT2D eigenvalue weighted by molar-refractivity contribution is 7.99. The van der Waals surface area contributed by atoms with E-state index in [-0.39, 0.29) is 0 Å². The SMILES string of the molecule is OC(CSc1ccc(Cl)cc1)c1cc2cc(Cl)ccc2o1. The number of fused-ring (bicyclic) bond motifs is 1. The summed E-state index contributed by atoms with van der Waals surface area (Å²) in [5.74, 6) is 1.06. The van der Waals surface area contributed by atoms with Gasteiger partial charge in [-0.25, -0.2) is 0 Å². The standard InChI is InChI=1S/C16H12Cl2O2S/c17-11-1-4-13(5-2-11)21-9-14(19)16-8-10-7-12(18)3-6-15(10)20-16/h1-8,14,19H,9H2. The molecule has 21 heavy (non-hydrogen) atoms. The van der Waals surface area contributed by atoms with Gasteiger partial charge < -0.3 is 9.52 Å². The van der Waals surface area contributed by atoms with Crippen LogP contribution in [0.15, 0.2) is 57.8 Å². The molecule has 1 heterocycles. The molecule has 2 aromatic carbocycles. The summed E-state index contributed by atoms with van der Waals surface area (Å²) in [6.07, 6.45) is -0.670. The van der Waals surface area contributed by atoms with Gasteiger partial charge in [-0.1, -0.05) is 23.2 Å². The van der Waals surface area contributed by atoms with Gasteiger partial charge in [0.15, 0.2) is 0 Å². The molecule has 0 spiro atoms. The Bertz CT molecular complexity index is 753. The molecule has 0 aliphatic rings. The number of benzene rings is 2. The average Bonchev–Trinajstić information content (AvgIpc) is 2.89. The molecule has 0 bridgehead atoms. The molecule has 3 aromatic rings. The Morgan fingerprint density at radius 1 is 1.00 bits per heavy atom. The second-order valence-corrected chi connectivity index (χ2v) is 6.58. The minimum Gasteiger partial charge on any atom is -0.458 e. The smallest absolute Gasteiger partial charge is 0.134 e. The number of furan rings is 1. The molecule has 0 aliphatic heterocycles. The highest BCUT2D eigenvalue weighted by Crippen LogP contribution is 2.30. The molecule has 0 aliphatic carbocycles. The molecule has 1 unspecified atom stereocenters. The lowest BCUT2D eigenvalue weighted by Gasteiger charge is -2.07. The van der Waals surface area contributed by atoms with Crippen LogP contribution >= 0.6 is 35.0 Å². The lowest BCUT2D eigenvalue weighted by Crippen LogP contribution is -1.98. The maximum absolute atomic E-state index is 10.2. The Kier molecular flexibility index (Phi) is 4.45. The molecular formula is C16H12Cl2O2S. The van der Waals surface area contributed by atoms with Crippen molar-refractivity contribution in [1.29, 1.82) is 0 Å². The van der Waals surface area contributed by atoms with Crippen molar-refractivity contribution >= 4 is 45.9 Å². The van der Waals surface area contributed by atoms with Crippen molar-refractivity contribution in [2.75, 3.05) is 5.75 Å². The zero-order chi connectivity index (χ0) is 14.8. The van der Waals surface area contributed by atoms with Crippen molar-refractivity contribution in [3.63, 3.8) is 0 Å². The zero-order valence-corrected chi connectivity index (χ0v) is 13.3. The summed E-state index contributed by atoms with van der Waals surface area (Å²) in [5.41, 5.74) is 0.727. The van der Waals surface area contributed by atoms with E-state index in [4.69, 9.17) is 27.6 Å². The molecule has 0 saturated carbocycles. The molecule has 2 nitrogen and oxygen atoms in total. The third-order valence-corrected chi connectivity index (χ3v) is 4.62. The summed E-state index contributed by atoms with van der Waals surface area (Å²) < 4.78 is 5.65. The minimum absolute atomic E-state index is 0.509. The van der Waals surface area contributed by atoms with Crippen molar-refractivity contribution < 1.29 is 9.52 Å². The van der Waals surface area contributed by atoms with Crippen LogP contribution in [-0.4, -0.2) is 10.9 Å². The van der Waals surface area contributed by atoms with E-state index in [1.807, 2.05) is 36.4 Å². The molecule has 108 valence electrons. The molecule has 0 saturated heterocycles. The fourth-order valence-electron chi connectivity index (χ4n) is 1.99. The van der Waals surface area contributed by atoms with E-state index in [0.717, 1.165) is 15.9 Å². The van der Waals surface area contributed by atoms with Gasteiger partial charge in [0, 0.05) is 26.1 Å². The summed E-state index contributed by atoms with van der Waals surface area (Å²) in [6, 6.07) is 14.7. The number of rotatable bonds is 4. The van der Waals surface area contributed by atoms with E-state index >= 15 is 0 Å². The first-order valence-corrected chi connectivity index (χ1v) is 8.11. The molecule has 1 atom stereocenters. The monoisotopic (exact) mass is 338 g/mol. The first-order valence-electron chi connectivity index (χ1n) is 6.37. The molecule has 1 aromatic heterocycles. The first kappa shape index (κ1) is 14.8. The van der Waals surface area contributed by atoms with Crippen LogP contribution in [0.25, 0.3) is 11.0 Å². The Labute approximate surface area is 136 Å². The van der Waals surface area contributed by atoms with Gasteiger partial charge in [0.1, 0.15) is 17.4 Å². The summed E-state index contributed by atoms with van der Waals surface area (Å²) >= 11 is 13.3. The van der Waals surface area contributed by atoms with Gasteiger partial charge >= 0.3 is 0 Å². The van der Waals surface area contributed by atoms with Crippen LogP contribution in [0.5, 0.6) is 0 Å². The molecular weight excluding hydrogens is 327 g/mol. The van der Waals surface area contributed by atoms with Crippen LogP contribution in [0.4, 0.5) is 0 Å². The van der Waals surface area contributed by atoms with E-state index in [9.17, 15) is 5.11 Å². The van der Waals surface area contributed by atoms with E-state index in [2.05, 4.69) is 0 Å². The third kappa shape index (κ3) is 3.55. The lowest BCUT2D eigenvalue weighted by molar-refractivity contribution is 0.177. The molecule has 5 heteroatoms. The van der Waals surface area contributed by atoms with Gasteiger partial charge in [-0.15, -0.1) is 11.8 Å². The van der Waals surface area contributed by atoms with Gasteiger partial charge in [0.2, 0.25) is 0 Å². The number of hydrogen-bond donors (Lipinski definition) is 1. The Balaban J connectivity index is 1.71. The largest absolute Gasteiger partial charge is 0.458 e. The highest BCUT2D eigenvalue weighted by atomic mass is 35.5. The summed E-state index contributed by atoms with van der Waals surface area (Å²) in [5, 5.41) is 12.5. The van der Waals surface area contributed by atoms with Crippen LogP contribution in [0.1, 0.15) is 11.9 Å². The first-order chi connectivity index (χ1) is 10.1. The van der Waals surface area contributed by atoms with Crippen molar-refractivity contribution in [1.82, 2.24) is 0 Å². The summed E-state index contributed by atoms with van der Waals surface area (Å²) in [6.45, 7) is 0. The molecule has 0 radical (unpaired) electrons. The van der Waals surface area contributed by atoms with Gasteiger partial charge in [0.25, 0.3) is 0 Å². The van der Waals surface area contributed by atoms with E-state index < -0.39 is 6.10 Å². The zero-order valence-electron chi connectivity index (χ0n) is 10.9.